The zero-order valence-corrected chi connectivity index (χ0v) is 11.8. The SMILES string of the molecule is COC(=O)C1=C(n2nc([N+](=O)[O-])cc2OC(F)F)C(C(F)(F)F)=N[N]1. The number of carbonyl (C=O) groups excluding carboxylic acids is 1. The van der Waals surface area contributed by atoms with Crippen LogP contribution in [0.15, 0.2) is 16.9 Å². The summed E-state index contributed by atoms with van der Waals surface area (Å²) in [6.45, 7) is -3.54. The van der Waals surface area contributed by atoms with Crippen LogP contribution in [0.4, 0.5) is 27.8 Å². The normalized spacial score (nSPS) is 14.4. The first kappa shape index (κ1) is 18.1. The van der Waals surface area contributed by atoms with E-state index in [4.69, 9.17) is 0 Å². The fourth-order valence-corrected chi connectivity index (χ4v) is 1.71. The average Bonchev–Trinajstić information content (AvgIpc) is 3.08. The number of ether oxygens (including phenoxy) is 2. The van der Waals surface area contributed by atoms with Crippen molar-refractivity contribution < 1.29 is 41.1 Å². The lowest BCUT2D eigenvalue weighted by molar-refractivity contribution is -0.389. The molecule has 0 aromatic carbocycles. The predicted molar refractivity (Wildman–Crippen MR) is 66.4 cm³/mol. The third-order valence-electron chi connectivity index (χ3n) is 2.62. The van der Waals surface area contributed by atoms with Gasteiger partial charge in [0.15, 0.2) is 11.4 Å². The molecule has 0 saturated heterocycles. The van der Waals surface area contributed by atoms with E-state index in [2.05, 4.69) is 25.1 Å². The van der Waals surface area contributed by atoms with Gasteiger partial charge >= 0.3 is 24.6 Å². The second-order valence-corrected chi connectivity index (χ2v) is 4.12. The van der Waals surface area contributed by atoms with Gasteiger partial charge in [-0.2, -0.15) is 22.0 Å². The van der Waals surface area contributed by atoms with Gasteiger partial charge in [0.05, 0.1) is 12.2 Å². The van der Waals surface area contributed by atoms with Gasteiger partial charge in [-0.1, -0.05) is 0 Å². The van der Waals surface area contributed by atoms with Gasteiger partial charge < -0.3 is 19.6 Å². The molecule has 2 heterocycles. The van der Waals surface area contributed by atoms with Gasteiger partial charge in [0, 0.05) is 0 Å². The number of nitrogens with zero attached hydrogens (tertiary/aromatic N) is 5. The number of allylic oxidation sites excluding steroid dienone is 1. The summed E-state index contributed by atoms with van der Waals surface area (Å²) in [7, 11) is 0.816. The summed E-state index contributed by atoms with van der Waals surface area (Å²) in [5.74, 6) is -3.65. The molecule has 1 radical (unpaired) electrons. The Kier molecular flexibility index (Phi) is 4.58. The van der Waals surface area contributed by atoms with Crippen molar-refractivity contribution in [2.45, 2.75) is 12.8 Å². The fourth-order valence-electron chi connectivity index (χ4n) is 1.71. The highest BCUT2D eigenvalue weighted by molar-refractivity contribution is 6.27. The molecule has 0 fully saturated rings. The summed E-state index contributed by atoms with van der Waals surface area (Å²) in [6, 6.07) is 0.348. The van der Waals surface area contributed by atoms with Crippen molar-refractivity contribution in [2.75, 3.05) is 7.11 Å². The van der Waals surface area contributed by atoms with Crippen LogP contribution < -0.4 is 10.2 Å². The molecule has 1 aliphatic heterocycles. The van der Waals surface area contributed by atoms with E-state index in [0.29, 0.717) is 6.07 Å². The Morgan fingerprint density at radius 1 is 1.40 bits per heavy atom. The number of alkyl halides is 5. The van der Waals surface area contributed by atoms with E-state index in [-0.39, 0.29) is 4.68 Å². The van der Waals surface area contributed by atoms with Crippen molar-refractivity contribution in [1.29, 1.82) is 0 Å². The molecule has 0 N–H and O–H groups in total. The number of halogens is 5. The number of carbonyl (C=O) groups is 1. The molecule has 0 spiro atoms. The Hall–Kier alpha value is -3.26. The number of hydrogen-bond acceptors (Lipinski definition) is 7. The van der Waals surface area contributed by atoms with Crippen LogP contribution in [0.3, 0.4) is 0 Å². The highest BCUT2D eigenvalue weighted by Gasteiger charge is 2.48. The molecular weight excluding hydrogens is 365 g/mol. The summed E-state index contributed by atoms with van der Waals surface area (Å²) >= 11 is 0. The zero-order chi connectivity index (χ0) is 18.9. The Morgan fingerprint density at radius 3 is 2.52 bits per heavy atom. The van der Waals surface area contributed by atoms with Crippen LogP contribution in [0.2, 0.25) is 0 Å². The van der Waals surface area contributed by atoms with Crippen LogP contribution in [0.5, 0.6) is 5.88 Å². The maximum absolute atomic E-state index is 13.1. The fraction of sp³-hybridized carbons (Fsp3) is 0.300. The molecule has 0 amide bonds. The predicted octanol–water partition coefficient (Wildman–Crippen LogP) is 1.27. The third kappa shape index (κ3) is 3.48. The van der Waals surface area contributed by atoms with E-state index in [1.165, 1.54) is 0 Å². The number of esters is 1. The Balaban J connectivity index is 2.70. The van der Waals surface area contributed by atoms with Crippen molar-refractivity contribution in [3.8, 4) is 5.88 Å². The van der Waals surface area contributed by atoms with Crippen molar-refractivity contribution in [2.24, 2.45) is 5.10 Å². The minimum atomic E-state index is -5.18. The topological polar surface area (TPSA) is 123 Å². The van der Waals surface area contributed by atoms with E-state index >= 15 is 0 Å². The summed E-state index contributed by atoms with van der Waals surface area (Å²) in [5, 5.41) is 16.6. The van der Waals surface area contributed by atoms with Crippen LogP contribution in [0.25, 0.3) is 5.70 Å². The summed E-state index contributed by atoms with van der Waals surface area (Å²) in [5.41, 5.74) is -1.11. The minimum absolute atomic E-state index is 0.0145. The lowest BCUT2D eigenvalue weighted by Crippen LogP contribution is -2.27. The van der Waals surface area contributed by atoms with Crippen molar-refractivity contribution in [3.05, 3.63) is 21.9 Å². The van der Waals surface area contributed by atoms with Crippen LogP contribution in [-0.2, 0) is 9.53 Å². The summed E-state index contributed by atoms with van der Waals surface area (Å²) < 4.78 is 72.2. The molecule has 135 valence electrons. The van der Waals surface area contributed by atoms with E-state index in [0.717, 1.165) is 7.11 Å². The molecule has 10 nitrogen and oxygen atoms in total. The lowest BCUT2D eigenvalue weighted by atomic mass is 10.2. The van der Waals surface area contributed by atoms with Gasteiger partial charge in [-0.3, -0.25) is 0 Å². The van der Waals surface area contributed by atoms with Crippen LogP contribution in [-0.4, -0.2) is 46.3 Å². The van der Waals surface area contributed by atoms with Gasteiger partial charge in [0.1, 0.15) is 6.07 Å². The first-order valence-electron chi connectivity index (χ1n) is 5.94. The summed E-state index contributed by atoms with van der Waals surface area (Å²) in [4.78, 5) is 21.1. The number of methoxy groups -OCH3 is 1. The molecule has 0 atom stereocenters. The van der Waals surface area contributed by atoms with Crippen LogP contribution in [0, 0.1) is 10.1 Å². The van der Waals surface area contributed by atoms with Crippen LogP contribution in [0.1, 0.15) is 0 Å². The molecule has 1 aromatic rings. The quantitative estimate of drug-likeness (QED) is 0.333. The monoisotopic (exact) mass is 370 g/mol. The lowest BCUT2D eigenvalue weighted by Gasteiger charge is -2.10. The Morgan fingerprint density at radius 2 is 2.04 bits per heavy atom. The molecule has 0 aliphatic carbocycles. The molecule has 25 heavy (non-hydrogen) atoms. The smallest absolute Gasteiger partial charge is 0.437 e. The second-order valence-electron chi connectivity index (χ2n) is 4.12. The molecule has 0 bridgehead atoms. The van der Waals surface area contributed by atoms with Crippen molar-refractivity contribution in [1.82, 2.24) is 15.2 Å². The summed E-state index contributed by atoms with van der Waals surface area (Å²) in [6.07, 6.45) is -5.18. The van der Waals surface area contributed by atoms with Crippen molar-refractivity contribution >= 4 is 23.2 Å². The van der Waals surface area contributed by atoms with Crippen LogP contribution >= 0.6 is 0 Å². The third-order valence-corrected chi connectivity index (χ3v) is 2.62. The molecule has 15 heteroatoms. The van der Waals surface area contributed by atoms with Gasteiger partial charge in [-0.15, -0.1) is 15.2 Å². The molecule has 1 aromatic heterocycles. The Bertz CT molecular complexity index is 784. The second kappa shape index (κ2) is 6.33. The molecule has 0 saturated carbocycles. The van der Waals surface area contributed by atoms with Gasteiger partial charge in [-0.25, -0.2) is 4.79 Å². The molecule has 1 aliphatic rings. The van der Waals surface area contributed by atoms with E-state index < -0.39 is 52.5 Å². The largest absolute Gasteiger partial charge is 0.464 e. The zero-order valence-electron chi connectivity index (χ0n) is 11.8. The first-order chi connectivity index (χ1) is 11.6. The maximum Gasteiger partial charge on any atom is 0.437 e. The number of hydrogen-bond donors (Lipinski definition) is 0. The highest BCUT2D eigenvalue weighted by Crippen LogP contribution is 2.34. The standard InChI is InChI=1S/C10H5F5N5O5/c1-24-8(21)5-6(7(17-16-5)10(13,14)15)19-4(25-9(11)12)2-3(18-19)20(22)23/h2,9H,1H3. The maximum atomic E-state index is 13.1. The Labute approximate surface area is 133 Å². The van der Waals surface area contributed by atoms with E-state index in [1.54, 1.807) is 0 Å². The number of nitro groups is 1. The van der Waals surface area contributed by atoms with Gasteiger partial charge in [0.2, 0.25) is 11.6 Å². The van der Waals surface area contributed by atoms with E-state index in [9.17, 15) is 36.9 Å². The molecule has 0 unspecified atom stereocenters. The number of rotatable bonds is 5. The first-order valence-corrected chi connectivity index (χ1v) is 5.94. The van der Waals surface area contributed by atoms with E-state index in [1.807, 2.05) is 0 Å². The minimum Gasteiger partial charge on any atom is -0.464 e. The van der Waals surface area contributed by atoms with Gasteiger partial charge in [-0.05, 0) is 4.92 Å². The van der Waals surface area contributed by atoms with Gasteiger partial charge in [0.25, 0.3) is 0 Å². The average molecular weight is 370 g/mol. The molecule has 2 rings (SSSR count). The molecular formula is C10H5F5N5O5. The van der Waals surface area contributed by atoms with Crippen molar-refractivity contribution in [3.63, 3.8) is 0 Å². The number of aromatic nitrogens is 2. The highest BCUT2D eigenvalue weighted by atomic mass is 19.4.